The highest BCUT2D eigenvalue weighted by Crippen LogP contribution is 2.20. The number of amides is 2. The van der Waals surface area contributed by atoms with Crippen molar-refractivity contribution in [2.24, 2.45) is 5.41 Å². The van der Waals surface area contributed by atoms with E-state index in [1.165, 1.54) is 6.20 Å². The molecule has 0 saturated carbocycles. The predicted octanol–water partition coefficient (Wildman–Crippen LogP) is 3.58. The van der Waals surface area contributed by atoms with Crippen LogP contribution < -0.4 is 10.6 Å². The number of hydrogen-bond donors (Lipinski definition) is 4. The molecule has 9 heteroatoms. The number of nitrogens with zero attached hydrogens (tertiary/aromatic N) is 3. The lowest BCUT2D eigenvalue weighted by molar-refractivity contribution is 0.101. The average molecular weight is 427 g/mol. The van der Waals surface area contributed by atoms with Gasteiger partial charge in [-0.25, -0.2) is 15.0 Å². The summed E-state index contributed by atoms with van der Waals surface area (Å²) in [6.07, 6.45) is 3.15. The van der Waals surface area contributed by atoms with E-state index in [-0.39, 0.29) is 23.0 Å². The van der Waals surface area contributed by atoms with Crippen molar-refractivity contribution in [3.63, 3.8) is 0 Å². The molecule has 4 aromatic rings. The number of aromatic nitrogens is 5. The van der Waals surface area contributed by atoms with Crippen LogP contribution >= 0.6 is 0 Å². The summed E-state index contributed by atoms with van der Waals surface area (Å²) in [6, 6.07) is 10.2. The molecule has 0 aliphatic rings. The van der Waals surface area contributed by atoms with Crippen molar-refractivity contribution in [3.8, 4) is 11.8 Å². The van der Waals surface area contributed by atoms with Gasteiger partial charge >= 0.3 is 0 Å². The van der Waals surface area contributed by atoms with Gasteiger partial charge in [0.05, 0.1) is 11.1 Å². The van der Waals surface area contributed by atoms with Crippen molar-refractivity contribution in [3.05, 3.63) is 65.7 Å². The van der Waals surface area contributed by atoms with Crippen molar-refractivity contribution in [1.82, 2.24) is 24.9 Å². The molecule has 0 aliphatic heterocycles. The Hall–Kier alpha value is -4.45. The van der Waals surface area contributed by atoms with Crippen molar-refractivity contribution < 1.29 is 9.59 Å². The van der Waals surface area contributed by atoms with Gasteiger partial charge in [-0.05, 0) is 51.0 Å². The Bertz CT molecular complexity index is 1350. The molecule has 0 bridgehead atoms. The Labute approximate surface area is 184 Å². The number of aromatic amines is 2. The maximum absolute atomic E-state index is 12.7. The van der Waals surface area contributed by atoms with Gasteiger partial charge in [0, 0.05) is 17.8 Å². The number of fused-ring (bicyclic) bond motifs is 1. The Morgan fingerprint density at radius 1 is 0.969 bits per heavy atom. The van der Waals surface area contributed by atoms with Crippen LogP contribution in [0, 0.1) is 17.3 Å². The highest BCUT2D eigenvalue weighted by Gasteiger charge is 2.16. The molecule has 9 nitrogen and oxygen atoms in total. The van der Waals surface area contributed by atoms with Crippen molar-refractivity contribution >= 4 is 34.7 Å². The molecule has 32 heavy (non-hydrogen) atoms. The van der Waals surface area contributed by atoms with Crippen LogP contribution in [0.1, 0.15) is 47.3 Å². The number of pyridine rings is 1. The molecule has 160 valence electrons. The number of benzene rings is 1. The number of carbonyl (C=O) groups is 2. The molecule has 0 saturated heterocycles. The van der Waals surface area contributed by atoms with E-state index in [4.69, 9.17) is 0 Å². The molecule has 1 aromatic carbocycles. The van der Waals surface area contributed by atoms with E-state index < -0.39 is 5.91 Å². The second-order valence-corrected chi connectivity index (χ2v) is 8.04. The van der Waals surface area contributed by atoms with Crippen molar-refractivity contribution in [2.45, 2.75) is 20.8 Å². The smallest absolute Gasteiger partial charge is 0.276 e. The minimum absolute atomic E-state index is 0.171. The minimum Gasteiger partial charge on any atom is -0.331 e. The molecule has 0 radical (unpaired) electrons. The van der Waals surface area contributed by atoms with Gasteiger partial charge in [0.2, 0.25) is 11.9 Å². The Morgan fingerprint density at radius 3 is 2.50 bits per heavy atom. The Morgan fingerprint density at radius 2 is 1.75 bits per heavy atom. The molecule has 0 spiro atoms. The minimum atomic E-state index is -0.440. The van der Waals surface area contributed by atoms with Crippen LogP contribution in [0.5, 0.6) is 0 Å². The largest absolute Gasteiger partial charge is 0.331 e. The van der Waals surface area contributed by atoms with Crippen molar-refractivity contribution in [2.75, 3.05) is 10.6 Å². The molecule has 0 atom stereocenters. The maximum Gasteiger partial charge on any atom is 0.276 e. The molecule has 0 unspecified atom stereocenters. The summed E-state index contributed by atoms with van der Waals surface area (Å²) in [5.74, 6) is 5.81. The predicted molar refractivity (Wildman–Crippen MR) is 121 cm³/mol. The first-order chi connectivity index (χ1) is 15.3. The van der Waals surface area contributed by atoms with Gasteiger partial charge < -0.3 is 9.97 Å². The van der Waals surface area contributed by atoms with E-state index in [1.54, 1.807) is 42.6 Å². The lowest BCUT2D eigenvalue weighted by atomic mass is 9.98. The highest BCUT2D eigenvalue weighted by atomic mass is 16.2. The van der Waals surface area contributed by atoms with Gasteiger partial charge in [-0.3, -0.25) is 20.2 Å². The molecular formula is C23H21N7O2. The molecule has 3 heterocycles. The number of para-hydroxylation sites is 1. The topological polar surface area (TPSA) is 128 Å². The molecule has 4 rings (SSSR count). The zero-order valence-electron chi connectivity index (χ0n) is 17.8. The third-order valence-corrected chi connectivity index (χ3v) is 4.27. The summed E-state index contributed by atoms with van der Waals surface area (Å²) < 4.78 is 0. The number of nitrogens with one attached hydrogen (secondary N) is 4. The molecule has 2 amide bonds. The SMILES string of the molecule is CC(C)(C)C#Cc1cccc(C(=O)Nc2nc3c(C(=O)Nc4ncc[nH]4)cccc3[nH]2)n1. The van der Waals surface area contributed by atoms with E-state index in [1.807, 2.05) is 20.8 Å². The van der Waals surface area contributed by atoms with Crippen LogP contribution in [0.3, 0.4) is 0 Å². The molecular weight excluding hydrogens is 406 g/mol. The van der Waals surface area contributed by atoms with Gasteiger partial charge in [0.15, 0.2) is 0 Å². The molecule has 0 fully saturated rings. The molecule has 4 N–H and O–H groups in total. The van der Waals surface area contributed by atoms with E-state index in [2.05, 4.69) is 47.4 Å². The first kappa shape index (κ1) is 20.8. The zero-order chi connectivity index (χ0) is 22.7. The summed E-state index contributed by atoms with van der Waals surface area (Å²) in [5.41, 5.74) is 1.91. The Kier molecular flexibility index (Phi) is 5.43. The standard InChI is InChI=1S/C23H21N7O2/c1-23(2,3)11-10-14-6-4-9-17(26-14)20(32)30-22-27-16-8-5-7-15(18(16)28-22)19(31)29-21-24-12-13-25-21/h4-9,12-13H,1-3H3,(H2,24,25,29,31)(H2,27,28,30,32). The number of H-pyrrole nitrogens is 2. The fraction of sp³-hybridized carbons (Fsp3) is 0.174. The fourth-order valence-corrected chi connectivity index (χ4v) is 2.84. The summed E-state index contributed by atoms with van der Waals surface area (Å²) in [4.78, 5) is 43.8. The van der Waals surface area contributed by atoms with E-state index >= 15 is 0 Å². The second-order valence-electron chi connectivity index (χ2n) is 8.04. The normalized spacial score (nSPS) is 11.0. The number of anilines is 2. The fourth-order valence-electron chi connectivity index (χ4n) is 2.84. The van der Waals surface area contributed by atoms with E-state index in [9.17, 15) is 9.59 Å². The maximum atomic E-state index is 12.7. The summed E-state index contributed by atoms with van der Waals surface area (Å²) >= 11 is 0. The number of imidazole rings is 2. The first-order valence-electron chi connectivity index (χ1n) is 9.89. The monoisotopic (exact) mass is 427 g/mol. The van der Waals surface area contributed by atoms with Crippen LogP contribution in [-0.2, 0) is 0 Å². The zero-order valence-corrected chi connectivity index (χ0v) is 17.8. The molecule has 3 aromatic heterocycles. The highest BCUT2D eigenvalue weighted by molar-refractivity contribution is 6.11. The average Bonchev–Trinajstić information content (AvgIpc) is 3.40. The lowest BCUT2D eigenvalue weighted by Crippen LogP contribution is -2.15. The van der Waals surface area contributed by atoms with Gasteiger partial charge in [0.1, 0.15) is 16.9 Å². The van der Waals surface area contributed by atoms with Crippen LogP contribution in [-0.4, -0.2) is 36.7 Å². The lowest BCUT2D eigenvalue weighted by Gasteiger charge is -2.06. The van der Waals surface area contributed by atoms with Crippen LogP contribution in [0.25, 0.3) is 11.0 Å². The van der Waals surface area contributed by atoms with Crippen molar-refractivity contribution in [1.29, 1.82) is 0 Å². The van der Waals surface area contributed by atoms with Gasteiger partial charge in [0.25, 0.3) is 11.8 Å². The number of carbonyl (C=O) groups excluding carboxylic acids is 2. The summed E-state index contributed by atoms with van der Waals surface area (Å²) in [5, 5.41) is 5.36. The third-order valence-electron chi connectivity index (χ3n) is 4.27. The first-order valence-corrected chi connectivity index (χ1v) is 9.89. The quantitative estimate of drug-likeness (QED) is 0.370. The third kappa shape index (κ3) is 4.82. The summed E-state index contributed by atoms with van der Waals surface area (Å²) in [7, 11) is 0. The molecule has 0 aliphatic carbocycles. The number of hydrogen-bond acceptors (Lipinski definition) is 5. The van der Waals surface area contributed by atoms with Gasteiger partial charge in [-0.2, -0.15) is 0 Å². The van der Waals surface area contributed by atoms with E-state index in [0.717, 1.165) is 0 Å². The number of rotatable bonds is 4. The van der Waals surface area contributed by atoms with Crippen LogP contribution in [0.2, 0.25) is 0 Å². The second kappa shape index (κ2) is 8.35. The van der Waals surface area contributed by atoms with Gasteiger partial charge in [-0.1, -0.05) is 18.1 Å². The Balaban J connectivity index is 1.55. The summed E-state index contributed by atoms with van der Waals surface area (Å²) in [6.45, 7) is 6.00. The van der Waals surface area contributed by atoms with E-state index in [0.29, 0.717) is 28.2 Å². The van der Waals surface area contributed by atoms with Gasteiger partial charge in [-0.15, -0.1) is 0 Å². The van der Waals surface area contributed by atoms with Crippen LogP contribution in [0.15, 0.2) is 48.8 Å². The van der Waals surface area contributed by atoms with Crippen LogP contribution in [0.4, 0.5) is 11.9 Å².